The third kappa shape index (κ3) is 1.62. The summed E-state index contributed by atoms with van der Waals surface area (Å²) in [6.07, 6.45) is 4.42. The van der Waals surface area contributed by atoms with E-state index < -0.39 is 5.60 Å². The van der Waals surface area contributed by atoms with E-state index in [4.69, 9.17) is 0 Å². The Bertz CT molecular complexity index is 389. The Kier molecular flexibility index (Phi) is 2.57. The first-order valence-electron chi connectivity index (χ1n) is 6.20. The van der Waals surface area contributed by atoms with Gasteiger partial charge in [0, 0.05) is 17.5 Å². The SMILES string of the molecule is Cc1sccc1C1(O)CCN2CCCC2C1. The molecule has 2 aliphatic heterocycles. The Morgan fingerprint density at radius 2 is 2.38 bits per heavy atom. The van der Waals surface area contributed by atoms with E-state index in [1.54, 1.807) is 11.3 Å². The van der Waals surface area contributed by atoms with Gasteiger partial charge in [0.05, 0.1) is 5.60 Å². The lowest BCUT2D eigenvalue weighted by Gasteiger charge is -2.41. The van der Waals surface area contributed by atoms with E-state index in [2.05, 4.69) is 23.3 Å². The Morgan fingerprint density at radius 3 is 3.12 bits per heavy atom. The van der Waals surface area contributed by atoms with Crippen molar-refractivity contribution in [1.82, 2.24) is 4.90 Å². The smallest absolute Gasteiger partial charge is 0.0934 e. The van der Waals surface area contributed by atoms with Gasteiger partial charge in [-0.05, 0) is 56.2 Å². The third-order valence-corrected chi connectivity index (χ3v) is 5.09. The van der Waals surface area contributed by atoms with Crippen molar-refractivity contribution in [3.8, 4) is 0 Å². The molecular formula is C13H19NOS. The summed E-state index contributed by atoms with van der Waals surface area (Å²) in [5.74, 6) is 0. The quantitative estimate of drug-likeness (QED) is 0.811. The number of aliphatic hydroxyl groups is 1. The standard InChI is InChI=1S/C13H19NOS/c1-10-12(4-8-16-10)13(15)5-7-14-6-2-3-11(14)9-13/h4,8,11,15H,2-3,5-7,9H2,1H3. The molecule has 3 rings (SSSR count). The van der Waals surface area contributed by atoms with Gasteiger partial charge in [0.2, 0.25) is 0 Å². The van der Waals surface area contributed by atoms with Crippen LogP contribution >= 0.6 is 11.3 Å². The van der Waals surface area contributed by atoms with E-state index in [1.165, 1.54) is 29.8 Å². The number of hydrogen-bond acceptors (Lipinski definition) is 3. The zero-order valence-electron chi connectivity index (χ0n) is 9.78. The summed E-state index contributed by atoms with van der Waals surface area (Å²) in [4.78, 5) is 3.84. The van der Waals surface area contributed by atoms with Gasteiger partial charge in [-0.2, -0.15) is 0 Å². The average Bonchev–Trinajstić information content (AvgIpc) is 2.85. The fourth-order valence-corrected chi connectivity index (χ4v) is 4.15. The maximum absolute atomic E-state index is 10.8. The van der Waals surface area contributed by atoms with Crippen LogP contribution in [0.1, 0.15) is 36.1 Å². The molecule has 16 heavy (non-hydrogen) atoms. The van der Waals surface area contributed by atoms with Gasteiger partial charge >= 0.3 is 0 Å². The normalized spacial score (nSPS) is 35.2. The minimum absolute atomic E-state index is 0.546. The Labute approximate surface area is 101 Å². The van der Waals surface area contributed by atoms with Crippen molar-refractivity contribution in [1.29, 1.82) is 0 Å². The van der Waals surface area contributed by atoms with Gasteiger partial charge in [-0.25, -0.2) is 0 Å². The van der Waals surface area contributed by atoms with E-state index in [-0.39, 0.29) is 0 Å². The average molecular weight is 237 g/mol. The van der Waals surface area contributed by atoms with E-state index in [0.29, 0.717) is 6.04 Å². The number of hydrogen-bond donors (Lipinski definition) is 1. The van der Waals surface area contributed by atoms with Crippen LogP contribution in [0.3, 0.4) is 0 Å². The number of nitrogens with zero attached hydrogens (tertiary/aromatic N) is 1. The fraction of sp³-hybridized carbons (Fsp3) is 0.692. The molecular weight excluding hydrogens is 218 g/mol. The molecule has 2 saturated heterocycles. The van der Waals surface area contributed by atoms with Crippen LogP contribution < -0.4 is 0 Å². The molecule has 0 aliphatic carbocycles. The van der Waals surface area contributed by atoms with Crippen LogP contribution in [0.4, 0.5) is 0 Å². The zero-order chi connectivity index (χ0) is 11.2. The van der Waals surface area contributed by atoms with Gasteiger partial charge in [0.25, 0.3) is 0 Å². The van der Waals surface area contributed by atoms with Gasteiger partial charge < -0.3 is 10.0 Å². The molecule has 0 amide bonds. The molecule has 2 fully saturated rings. The van der Waals surface area contributed by atoms with Crippen molar-refractivity contribution in [2.24, 2.45) is 0 Å². The van der Waals surface area contributed by atoms with Crippen LogP contribution in [-0.2, 0) is 5.60 Å². The van der Waals surface area contributed by atoms with Crippen molar-refractivity contribution in [2.75, 3.05) is 13.1 Å². The lowest BCUT2D eigenvalue weighted by Crippen LogP contribution is -2.46. The van der Waals surface area contributed by atoms with Crippen LogP contribution in [0, 0.1) is 6.92 Å². The van der Waals surface area contributed by atoms with Gasteiger partial charge in [-0.3, -0.25) is 0 Å². The summed E-state index contributed by atoms with van der Waals surface area (Å²) in [5, 5.41) is 12.9. The zero-order valence-corrected chi connectivity index (χ0v) is 10.6. The second kappa shape index (κ2) is 3.83. The Hall–Kier alpha value is -0.380. The lowest BCUT2D eigenvalue weighted by atomic mass is 9.81. The van der Waals surface area contributed by atoms with Crippen LogP contribution in [0.15, 0.2) is 11.4 Å². The lowest BCUT2D eigenvalue weighted by molar-refractivity contribution is -0.0409. The molecule has 2 aliphatic rings. The summed E-state index contributed by atoms with van der Waals surface area (Å²) in [6, 6.07) is 2.74. The molecule has 0 spiro atoms. The van der Waals surface area contributed by atoms with Crippen LogP contribution in [-0.4, -0.2) is 29.1 Å². The van der Waals surface area contributed by atoms with Crippen molar-refractivity contribution in [3.63, 3.8) is 0 Å². The number of rotatable bonds is 1. The molecule has 3 heteroatoms. The number of thiophene rings is 1. The van der Waals surface area contributed by atoms with Crippen LogP contribution in [0.2, 0.25) is 0 Å². The molecule has 0 aromatic carbocycles. The van der Waals surface area contributed by atoms with E-state index >= 15 is 0 Å². The van der Waals surface area contributed by atoms with Crippen molar-refractivity contribution in [2.45, 2.75) is 44.2 Å². The maximum atomic E-state index is 10.8. The first kappa shape index (κ1) is 10.8. The maximum Gasteiger partial charge on any atom is 0.0934 e. The molecule has 2 nitrogen and oxygen atoms in total. The molecule has 0 radical (unpaired) electrons. The second-order valence-electron chi connectivity index (χ2n) is 5.21. The number of aryl methyl sites for hydroxylation is 1. The molecule has 1 aromatic heterocycles. The van der Waals surface area contributed by atoms with Gasteiger partial charge in [-0.1, -0.05) is 0 Å². The first-order chi connectivity index (χ1) is 7.69. The summed E-state index contributed by atoms with van der Waals surface area (Å²) in [5.41, 5.74) is 0.638. The Morgan fingerprint density at radius 1 is 1.50 bits per heavy atom. The van der Waals surface area contributed by atoms with E-state index in [1.807, 2.05) is 0 Å². The summed E-state index contributed by atoms with van der Waals surface area (Å²) >= 11 is 1.75. The van der Waals surface area contributed by atoms with Crippen molar-refractivity contribution in [3.05, 3.63) is 21.9 Å². The molecule has 2 unspecified atom stereocenters. The van der Waals surface area contributed by atoms with E-state index in [9.17, 15) is 5.11 Å². The molecule has 1 N–H and O–H groups in total. The first-order valence-corrected chi connectivity index (χ1v) is 7.08. The molecule has 2 atom stereocenters. The molecule has 3 heterocycles. The minimum atomic E-state index is -0.546. The highest BCUT2D eigenvalue weighted by molar-refractivity contribution is 7.10. The largest absolute Gasteiger partial charge is 0.385 e. The predicted octanol–water partition coefficient (Wildman–Crippen LogP) is 2.50. The van der Waals surface area contributed by atoms with Crippen molar-refractivity contribution < 1.29 is 5.11 Å². The highest BCUT2D eigenvalue weighted by Crippen LogP contribution is 2.41. The third-order valence-electron chi connectivity index (χ3n) is 4.25. The van der Waals surface area contributed by atoms with Gasteiger partial charge in [0.1, 0.15) is 0 Å². The van der Waals surface area contributed by atoms with Crippen LogP contribution in [0.25, 0.3) is 0 Å². The number of fused-ring (bicyclic) bond motifs is 1. The topological polar surface area (TPSA) is 23.5 Å². The highest BCUT2D eigenvalue weighted by atomic mass is 32.1. The predicted molar refractivity (Wildman–Crippen MR) is 66.8 cm³/mol. The minimum Gasteiger partial charge on any atom is -0.385 e. The summed E-state index contributed by atoms with van der Waals surface area (Å²) < 4.78 is 0. The molecule has 0 bridgehead atoms. The second-order valence-corrected chi connectivity index (χ2v) is 6.33. The molecule has 88 valence electrons. The van der Waals surface area contributed by atoms with Gasteiger partial charge in [0.15, 0.2) is 0 Å². The highest BCUT2D eigenvalue weighted by Gasteiger charge is 2.41. The van der Waals surface area contributed by atoms with Gasteiger partial charge in [-0.15, -0.1) is 11.3 Å². The van der Waals surface area contributed by atoms with E-state index in [0.717, 1.165) is 19.4 Å². The monoisotopic (exact) mass is 237 g/mol. The molecule has 0 saturated carbocycles. The summed E-state index contributed by atoms with van der Waals surface area (Å²) in [7, 11) is 0. The summed E-state index contributed by atoms with van der Waals surface area (Å²) in [6.45, 7) is 4.43. The molecule has 1 aromatic rings. The van der Waals surface area contributed by atoms with Crippen LogP contribution in [0.5, 0.6) is 0 Å². The fourth-order valence-electron chi connectivity index (χ4n) is 3.35. The Balaban J connectivity index is 1.86. The number of piperidine rings is 1. The van der Waals surface area contributed by atoms with Crippen molar-refractivity contribution >= 4 is 11.3 Å².